The van der Waals surface area contributed by atoms with Crippen molar-refractivity contribution < 1.29 is 19.4 Å². The molecule has 0 saturated carbocycles. The predicted octanol–water partition coefficient (Wildman–Crippen LogP) is 3.12. The summed E-state index contributed by atoms with van der Waals surface area (Å²) in [6.07, 6.45) is 1.29. The summed E-state index contributed by atoms with van der Waals surface area (Å²) in [6.45, 7) is 3.48. The number of carbonyl (C=O) groups excluding carboxylic acids is 1. The van der Waals surface area contributed by atoms with E-state index in [0.717, 1.165) is 16.0 Å². The van der Waals surface area contributed by atoms with Crippen LogP contribution in [0.2, 0.25) is 0 Å². The van der Waals surface area contributed by atoms with E-state index in [1.807, 2.05) is 31.2 Å². The quantitative estimate of drug-likeness (QED) is 0.860. The third kappa shape index (κ3) is 3.60. The third-order valence-electron chi connectivity index (χ3n) is 4.74. The van der Waals surface area contributed by atoms with Crippen LogP contribution in [0.1, 0.15) is 38.5 Å². The summed E-state index contributed by atoms with van der Waals surface area (Å²) in [6, 6.07) is 11.3. The van der Waals surface area contributed by atoms with Gasteiger partial charge < -0.3 is 15.2 Å². The summed E-state index contributed by atoms with van der Waals surface area (Å²) in [5.41, 5.74) is 1.56. The van der Waals surface area contributed by atoms with Gasteiger partial charge >= 0.3 is 5.97 Å². The third-order valence-corrected chi connectivity index (χ3v) is 5.81. The van der Waals surface area contributed by atoms with Crippen molar-refractivity contribution in [3.05, 3.63) is 57.3 Å². The molecule has 1 aromatic carbocycles. The molecule has 1 aromatic heterocycles. The number of carboxylic acid groups (broad SMARTS) is 1. The average molecular weight is 359 g/mol. The van der Waals surface area contributed by atoms with Gasteiger partial charge in [0.2, 0.25) is 5.91 Å². The van der Waals surface area contributed by atoms with Crippen LogP contribution in [-0.2, 0) is 21.5 Å². The second kappa shape index (κ2) is 7.37. The highest BCUT2D eigenvalue weighted by Crippen LogP contribution is 2.37. The standard InChI is InChI=1S/C19H21NO4S/c1-13-4-2-3-5-15(13)19(8-10-24-11-9-19)18(23)20-12-14-6-7-16(25-14)17(21)22/h2-7H,8-12H2,1H3,(H,20,23)(H,21,22). The van der Waals surface area contributed by atoms with Crippen LogP contribution in [0.15, 0.2) is 36.4 Å². The van der Waals surface area contributed by atoms with Gasteiger partial charge in [0.05, 0.1) is 12.0 Å². The van der Waals surface area contributed by atoms with Gasteiger partial charge in [-0.25, -0.2) is 4.79 Å². The molecule has 5 nitrogen and oxygen atoms in total. The molecule has 1 amide bonds. The van der Waals surface area contributed by atoms with E-state index >= 15 is 0 Å². The maximum Gasteiger partial charge on any atom is 0.345 e. The number of amides is 1. The van der Waals surface area contributed by atoms with Crippen molar-refractivity contribution in [1.29, 1.82) is 0 Å². The first-order chi connectivity index (χ1) is 12.0. The molecule has 0 atom stereocenters. The van der Waals surface area contributed by atoms with Gasteiger partial charge in [-0.3, -0.25) is 4.79 Å². The van der Waals surface area contributed by atoms with E-state index in [-0.39, 0.29) is 10.8 Å². The zero-order chi connectivity index (χ0) is 17.9. The molecule has 1 fully saturated rings. The Morgan fingerprint density at radius 3 is 2.56 bits per heavy atom. The maximum atomic E-state index is 13.1. The second-order valence-electron chi connectivity index (χ2n) is 6.26. The number of ether oxygens (including phenoxy) is 1. The average Bonchev–Trinajstić information content (AvgIpc) is 3.10. The molecule has 0 spiro atoms. The fourth-order valence-corrected chi connectivity index (χ4v) is 4.16. The molecular weight excluding hydrogens is 338 g/mol. The zero-order valence-corrected chi connectivity index (χ0v) is 14.9. The highest BCUT2D eigenvalue weighted by atomic mass is 32.1. The number of hydrogen-bond acceptors (Lipinski definition) is 4. The first-order valence-corrected chi connectivity index (χ1v) is 9.09. The number of thiophene rings is 1. The van der Waals surface area contributed by atoms with Crippen molar-refractivity contribution in [3.8, 4) is 0 Å². The summed E-state index contributed by atoms with van der Waals surface area (Å²) in [4.78, 5) is 25.2. The molecular formula is C19H21NO4S. The molecule has 1 saturated heterocycles. The Balaban J connectivity index is 1.80. The smallest absolute Gasteiger partial charge is 0.345 e. The summed E-state index contributed by atoms with van der Waals surface area (Å²) in [5, 5.41) is 12.0. The van der Waals surface area contributed by atoms with E-state index in [9.17, 15) is 9.59 Å². The van der Waals surface area contributed by atoms with Crippen LogP contribution < -0.4 is 5.32 Å². The molecule has 1 aliphatic rings. The molecule has 2 aromatic rings. The molecule has 1 aliphatic heterocycles. The first kappa shape index (κ1) is 17.6. The van der Waals surface area contributed by atoms with Crippen LogP contribution >= 0.6 is 11.3 Å². The van der Waals surface area contributed by atoms with Gasteiger partial charge in [-0.05, 0) is 43.0 Å². The van der Waals surface area contributed by atoms with Gasteiger partial charge in [-0.1, -0.05) is 24.3 Å². The largest absolute Gasteiger partial charge is 0.477 e. The Labute approximate surface area is 150 Å². The minimum absolute atomic E-state index is 0.0182. The molecule has 6 heteroatoms. The maximum absolute atomic E-state index is 13.1. The van der Waals surface area contributed by atoms with Crippen LogP contribution in [0.25, 0.3) is 0 Å². The lowest BCUT2D eigenvalue weighted by atomic mass is 9.72. The van der Waals surface area contributed by atoms with Crippen LogP contribution in [0.3, 0.4) is 0 Å². The first-order valence-electron chi connectivity index (χ1n) is 8.27. The van der Waals surface area contributed by atoms with Crippen LogP contribution in [-0.4, -0.2) is 30.2 Å². The minimum atomic E-state index is -0.941. The van der Waals surface area contributed by atoms with Gasteiger partial charge in [0.1, 0.15) is 4.88 Å². The van der Waals surface area contributed by atoms with Crippen molar-refractivity contribution in [2.45, 2.75) is 31.7 Å². The Hall–Kier alpha value is -2.18. The van der Waals surface area contributed by atoms with Gasteiger partial charge in [0.25, 0.3) is 0 Å². The number of carbonyl (C=O) groups is 2. The molecule has 0 radical (unpaired) electrons. The summed E-state index contributed by atoms with van der Waals surface area (Å²) >= 11 is 1.19. The Morgan fingerprint density at radius 1 is 1.20 bits per heavy atom. The van der Waals surface area contributed by atoms with Crippen molar-refractivity contribution >= 4 is 23.2 Å². The van der Waals surface area contributed by atoms with Gasteiger partial charge in [-0.2, -0.15) is 0 Å². The SMILES string of the molecule is Cc1ccccc1C1(C(=O)NCc2ccc(C(=O)O)s2)CCOCC1. The Morgan fingerprint density at radius 2 is 1.92 bits per heavy atom. The fourth-order valence-electron chi connectivity index (χ4n) is 3.37. The molecule has 0 aliphatic carbocycles. The molecule has 0 unspecified atom stereocenters. The molecule has 132 valence electrons. The van der Waals surface area contributed by atoms with E-state index in [2.05, 4.69) is 5.32 Å². The number of aromatic carboxylic acids is 1. The lowest BCUT2D eigenvalue weighted by molar-refractivity contribution is -0.130. The van der Waals surface area contributed by atoms with Crippen LogP contribution in [0.4, 0.5) is 0 Å². The van der Waals surface area contributed by atoms with E-state index in [0.29, 0.717) is 32.6 Å². The fraction of sp³-hybridized carbons (Fsp3) is 0.368. The predicted molar refractivity (Wildman–Crippen MR) is 96.0 cm³/mol. The number of benzene rings is 1. The lowest BCUT2D eigenvalue weighted by Gasteiger charge is -2.37. The van der Waals surface area contributed by atoms with Gasteiger partial charge in [0, 0.05) is 18.1 Å². The molecule has 2 N–H and O–H groups in total. The highest BCUT2D eigenvalue weighted by Gasteiger charge is 2.42. The van der Waals surface area contributed by atoms with Crippen molar-refractivity contribution in [2.24, 2.45) is 0 Å². The van der Waals surface area contributed by atoms with E-state index in [1.54, 1.807) is 12.1 Å². The van der Waals surface area contributed by atoms with Crippen LogP contribution in [0, 0.1) is 6.92 Å². The number of rotatable bonds is 5. The number of carboxylic acids is 1. The van der Waals surface area contributed by atoms with Crippen molar-refractivity contribution in [3.63, 3.8) is 0 Å². The van der Waals surface area contributed by atoms with Gasteiger partial charge in [0.15, 0.2) is 0 Å². The summed E-state index contributed by atoms with van der Waals surface area (Å²) in [5.74, 6) is -0.959. The molecule has 3 rings (SSSR count). The Bertz CT molecular complexity index is 777. The normalized spacial score (nSPS) is 16.4. The lowest BCUT2D eigenvalue weighted by Crippen LogP contribution is -2.48. The van der Waals surface area contributed by atoms with Crippen LogP contribution in [0.5, 0.6) is 0 Å². The minimum Gasteiger partial charge on any atom is -0.477 e. The monoisotopic (exact) mass is 359 g/mol. The van der Waals surface area contributed by atoms with E-state index < -0.39 is 11.4 Å². The van der Waals surface area contributed by atoms with E-state index in [1.165, 1.54) is 11.3 Å². The molecule has 2 heterocycles. The summed E-state index contributed by atoms with van der Waals surface area (Å²) in [7, 11) is 0. The number of hydrogen-bond donors (Lipinski definition) is 2. The van der Waals surface area contributed by atoms with E-state index in [4.69, 9.17) is 9.84 Å². The molecule has 25 heavy (non-hydrogen) atoms. The van der Waals surface area contributed by atoms with Crippen molar-refractivity contribution in [2.75, 3.05) is 13.2 Å². The topological polar surface area (TPSA) is 75.6 Å². The number of nitrogens with one attached hydrogen (secondary N) is 1. The zero-order valence-electron chi connectivity index (χ0n) is 14.1. The van der Waals surface area contributed by atoms with Gasteiger partial charge in [-0.15, -0.1) is 11.3 Å². The van der Waals surface area contributed by atoms with Crippen molar-refractivity contribution in [1.82, 2.24) is 5.32 Å². The molecule has 0 bridgehead atoms. The number of aryl methyl sites for hydroxylation is 1. The Kier molecular flexibility index (Phi) is 5.20. The second-order valence-corrected chi connectivity index (χ2v) is 7.43. The highest BCUT2D eigenvalue weighted by molar-refractivity contribution is 7.13. The summed E-state index contributed by atoms with van der Waals surface area (Å²) < 4.78 is 5.49.